The lowest BCUT2D eigenvalue weighted by atomic mass is 10.00. The molecule has 2 N–H and O–H groups in total. The summed E-state index contributed by atoms with van der Waals surface area (Å²) in [5.41, 5.74) is 3.99. The number of hydrogen-bond donors (Lipinski definition) is 2. The number of nitrogens with one attached hydrogen (secondary N) is 2. The third-order valence-corrected chi connectivity index (χ3v) is 5.92. The molecule has 0 aliphatic carbocycles. The van der Waals surface area contributed by atoms with Gasteiger partial charge in [-0.15, -0.1) is 11.3 Å². The fraction of sp³-hybridized carbons (Fsp3) is 0.304. The summed E-state index contributed by atoms with van der Waals surface area (Å²) in [5, 5.41) is 7.66. The van der Waals surface area contributed by atoms with E-state index in [0.29, 0.717) is 16.4 Å². The second-order valence-electron chi connectivity index (χ2n) is 7.83. The van der Waals surface area contributed by atoms with Crippen LogP contribution in [0.5, 0.6) is 0 Å². The van der Waals surface area contributed by atoms with E-state index >= 15 is 0 Å². The quantitative estimate of drug-likeness (QED) is 0.524. The number of rotatable bonds is 7. The molecule has 0 spiro atoms. The van der Waals surface area contributed by atoms with Crippen molar-refractivity contribution in [3.05, 3.63) is 59.4 Å². The van der Waals surface area contributed by atoms with Gasteiger partial charge in [-0.1, -0.05) is 19.0 Å². The second-order valence-corrected chi connectivity index (χ2v) is 8.69. The molecule has 0 bridgehead atoms. The normalized spacial score (nSPS) is 17.8. The molecule has 33 heavy (non-hydrogen) atoms. The first kappa shape index (κ1) is 22.9. The molecule has 3 aromatic heterocycles. The zero-order valence-electron chi connectivity index (χ0n) is 18.7. The highest BCUT2D eigenvalue weighted by atomic mass is 32.1. The highest BCUT2D eigenvalue weighted by Gasteiger charge is 2.19. The number of aromatic nitrogens is 3. The molecule has 4 rings (SSSR count). The Balaban J connectivity index is 1.37. The van der Waals surface area contributed by atoms with Crippen molar-refractivity contribution >= 4 is 41.3 Å². The third kappa shape index (κ3) is 5.77. The van der Waals surface area contributed by atoms with Gasteiger partial charge in [0.1, 0.15) is 5.69 Å². The van der Waals surface area contributed by atoms with E-state index in [2.05, 4.69) is 28.6 Å². The van der Waals surface area contributed by atoms with Gasteiger partial charge >= 0.3 is 0 Å². The Kier molecular flexibility index (Phi) is 7.05. The van der Waals surface area contributed by atoms with Gasteiger partial charge in [0, 0.05) is 18.0 Å². The van der Waals surface area contributed by atoms with Gasteiger partial charge in [0.05, 0.1) is 35.7 Å². The number of carbonyl (C=O) groups excluding carboxylic acids is 2. The van der Waals surface area contributed by atoms with Gasteiger partial charge in [0.2, 0.25) is 13.3 Å². The topological polar surface area (TPSA) is 98.1 Å². The molecule has 10 heteroatoms. The lowest BCUT2D eigenvalue weighted by molar-refractivity contribution is -0.115. The summed E-state index contributed by atoms with van der Waals surface area (Å²) in [6.07, 6.45) is 6.58. The minimum atomic E-state index is -0.345. The number of pyridine rings is 1. The van der Waals surface area contributed by atoms with Crippen LogP contribution in [-0.4, -0.2) is 52.4 Å². The Morgan fingerprint density at radius 3 is 2.79 bits per heavy atom. The van der Waals surface area contributed by atoms with E-state index in [1.807, 2.05) is 44.7 Å². The minimum absolute atomic E-state index is 0.0562. The molecule has 0 fully saturated rings. The molecule has 1 radical (unpaired) electrons. The van der Waals surface area contributed by atoms with E-state index < -0.39 is 0 Å². The maximum absolute atomic E-state index is 12.3. The Morgan fingerprint density at radius 1 is 1.21 bits per heavy atom. The number of thiazole rings is 1. The van der Waals surface area contributed by atoms with Crippen LogP contribution in [0.25, 0.3) is 17.0 Å². The molecule has 8 nitrogen and oxygen atoms in total. The van der Waals surface area contributed by atoms with Crippen LogP contribution < -0.4 is 10.6 Å². The van der Waals surface area contributed by atoms with Gasteiger partial charge in [0.25, 0.3) is 5.91 Å². The molecule has 169 valence electrons. The van der Waals surface area contributed by atoms with Crippen molar-refractivity contribution in [1.82, 2.24) is 19.8 Å². The number of carbonyl (C=O) groups is 2. The lowest BCUT2D eigenvalue weighted by Gasteiger charge is -2.24. The summed E-state index contributed by atoms with van der Waals surface area (Å²) in [4.78, 5) is 33.7. The summed E-state index contributed by atoms with van der Waals surface area (Å²) >= 11 is 1.31. The fourth-order valence-corrected chi connectivity index (χ4v) is 4.36. The predicted octanol–water partition coefficient (Wildman–Crippen LogP) is 3.47. The van der Waals surface area contributed by atoms with E-state index in [1.54, 1.807) is 22.9 Å². The first-order chi connectivity index (χ1) is 15.9. The molecule has 3 aromatic rings. The summed E-state index contributed by atoms with van der Waals surface area (Å²) in [6, 6.07) is 7.54. The smallest absolute Gasteiger partial charge is 0.253 e. The standard InChI is InChI=1S/C23H25BN5O3S/c1-14-9-17(10-15(2)32-14)18-5-4-6-19(26-18)20-13-33-23(27-20)28-21(30)11-25-22(31)16-7-8-29(12-16)24-3/h4-9,12-15H,10-11H2,1-3H3,(H,25,31)(H,27,28,30). The van der Waals surface area contributed by atoms with Gasteiger partial charge in [-0.2, -0.15) is 0 Å². The molecule has 0 saturated heterocycles. The lowest BCUT2D eigenvalue weighted by Crippen LogP contribution is -2.32. The number of anilines is 1. The number of amides is 2. The largest absolute Gasteiger partial charge is 0.402 e. The average molecular weight is 462 g/mol. The van der Waals surface area contributed by atoms with Crippen LogP contribution in [0.3, 0.4) is 0 Å². The Bertz CT molecular complexity index is 1190. The van der Waals surface area contributed by atoms with Gasteiger partial charge in [-0.05, 0) is 43.8 Å². The van der Waals surface area contributed by atoms with Crippen LogP contribution in [0.2, 0.25) is 6.82 Å². The molecule has 1 aliphatic heterocycles. The maximum Gasteiger partial charge on any atom is 0.253 e. The highest BCUT2D eigenvalue weighted by Crippen LogP contribution is 2.29. The second kappa shape index (κ2) is 10.1. The number of nitrogens with zero attached hydrogens (tertiary/aromatic N) is 3. The summed E-state index contributed by atoms with van der Waals surface area (Å²) in [5.74, 6) is -0.652. The molecule has 2 amide bonds. The molecule has 0 aromatic carbocycles. The van der Waals surface area contributed by atoms with E-state index in [0.717, 1.165) is 23.4 Å². The monoisotopic (exact) mass is 462 g/mol. The molecule has 1 aliphatic rings. The first-order valence-corrected chi connectivity index (χ1v) is 11.6. The molecular formula is C23H25BN5O3S. The Labute approximate surface area is 197 Å². The molecule has 2 unspecified atom stereocenters. The Hall–Kier alpha value is -3.24. The third-order valence-electron chi connectivity index (χ3n) is 5.17. The van der Waals surface area contributed by atoms with Gasteiger partial charge in [-0.3, -0.25) is 9.59 Å². The zero-order valence-corrected chi connectivity index (χ0v) is 19.6. The van der Waals surface area contributed by atoms with Crippen LogP contribution in [0.15, 0.2) is 48.1 Å². The van der Waals surface area contributed by atoms with Crippen molar-refractivity contribution in [2.24, 2.45) is 0 Å². The molecule has 2 atom stereocenters. The van der Waals surface area contributed by atoms with Gasteiger partial charge in [0.15, 0.2) is 5.13 Å². The van der Waals surface area contributed by atoms with Crippen LogP contribution in [0.4, 0.5) is 5.13 Å². The van der Waals surface area contributed by atoms with Crippen molar-refractivity contribution in [1.29, 1.82) is 0 Å². The van der Waals surface area contributed by atoms with Crippen LogP contribution in [0, 0.1) is 0 Å². The van der Waals surface area contributed by atoms with Crippen molar-refractivity contribution in [3.8, 4) is 11.4 Å². The predicted molar refractivity (Wildman–Crippen MR) is 130 cm³/mol. The van der Waals surface area contributed by atoms with Crippen molar-refractivity contribution in [3.63, 3.8) is 0 Å². The van der Waals surface area contributed by atoms with Crippen LogP contribution in [-0.2, 0) is 9.53 Å². The minimum Gasteiger partial charge on any atom is -0.402 e. The SMILES string of the molecule is C[B]n1ccc(C(=O)NCC(=O)Nc2nc(-c3cccc(C4=CC(C)OC(C)C4)n3)cs2)c1. The zero-order chi connectivity index (χ0) is 23.4. The average Bonchev–Trinajstić information content (AvgIpc) is 3.47. The summed E-state index contributed by atoms with van der Waals surface area (Å²) in [6.45, 7) is 5.81. The summed E-state index contributed by atoms with van der Waals surface area (Å²) in [7, 11) is 1.83. The van der Waals surface area contributed by atoms with Gasteiger partial charge in [-0.25, -0.2) is 9.97 Å². The first-order valence-electron chi connectivity index (χ1n) is 10.8. The summed E-state index contributed by atoms with van der Waals surface area (Å²) < 4.78 is 7.55. The van der Waals surface area contributed by atoms with Crippen molar-refractivity contribution in [2.45, 2.75) is 39.3 Å². The van der Waals surface area contributed by atoms with Crippen molar-refractivity contribution in [2.75, 3.05) is 11.9 Å². The van der Waals surface area contributed by atoms with Crippen molar-refractivity contribution < 1.29 is 14.3 Å². The molecular weight excluding hydrogens is 437 g/mol. The van der Waals surface area contributed by atoms with E-state index in [9.17, 15) is 9.59 Å². The molecule has 0 saturated carbocycles. The molecule has 4 heterocycles. The van der Waals surface area contributed by atoms with Crippen LogP contribution in [0.1, 0.15) is 36.3 Å². The van der Waals surface area contributed by atoms with Gasteiger partial charge < -0.3 is 19.8 Å². The van der Waals surface area contributed by atoms with E-state index in [1.165, 1.54) is 11.3 Å². The fourth-order valence-electron chi connectivity index (χ4n) is 3.64. The van der Waals surface area contributed by atoms with E-state index in [-0.39, 0.29) is 30.6 Å². The maximum atomic E-state index is 12.3. The van der Waals surface area contributed by atoms with E-state index in [4.69, 9.17) is 9.72 Å². The van der Waals surface area contributed by atoms with Crippen LogP contribution >= 0.6 is 11.3 Å². The number of ether oxygens (including phenoxy) is 1. The Morgan fingerprint density at radius 2 is 2.03 bits per heavy atom. The number of hydrogen-bond acceptors (Lipinski definition) is 6. The highest BCUT2D eigenvalue weighted by molar-refractivity contribution is 7.14.